The van der Waals surface area contributed by atoms with Gasteiger partial charge in [0, 0.05) is 12.5 Å². The third kappa shape index (κ3) is 6.91. The van der Waals surface area contributed by atoms with Gasteiger partial charge in [-0.1, -0.05) is 20.8 Å². The maximum Gasteiger partial charge on any atom is 0.443 e. The minimum atomic E-state index is -4.68. The molecular weight excluding hydrogens is 447 g/mol. The second-order valence-electron chi connectivity index (χ2n) is 8.92. The summed E-state index contributed by atoms with van der Waals surface area (Å²) in [6.07, 6.45) is -3.81. The lowest BCUT2D eigenvalue weighted by atomic mass is 9.87. The van der Waals surface area contributed by atoms with Crippen LogP contribution in [-0.4, -0.2) is 41.3 Å². The van der Waals surface area contributed by atoms with Gasteiger partial charge in [0.1, 0.15) is 17.0 Å². The number of nitrogens with zero attached hydrogens (tertiary/aromatic N) is 2. The van der Waals surface area contributed by atoms with Gasteiger partial charge in [-0.2, -0.15) is 18.4 Å². The first-order chi connectivity index (χ1) is 14.7. The number of amides is 3. The summed E-state index contributed by atoms with van der Waals surface area (Å²) in [5, 5.41) is 16.0. The van der Waals surface area contributed by atoms with Crippen molar-refractivity contribution in [2.45, 2.75) is 65.2 Å². The highest BCUT2D eigenvalue weighted by Crippen LogP contribution is 2.34. The molecule has 3 atom stereocenters. The van der Waals surface area contributed by atoms with Gasteiger partial charge < -0.3 is 16.0 Å². The lowest BCUT2D eigenvalue weighted by molar-refractivity contribution is -0.137. The Morgan fingerprint density at radius 1 is 1.31 bits per heavy atom. The number of alkyl halides is 3. The molecule has 0 unspecified atom stereocenters. The maximum absolute atomic E-state index is 12.9. The highest BCUT2D eigenvalue weighted by molar-refractivity contribution is 7.13. The SMILES string of the molecule is Cc1nc(C(F)(F)F)sc1C(=O)N[C@@H](CC(C)(C)C)C(=O)N[C@H](C#N)C[C@@H]1CCNC1=O. The van der Waals surface area contributed by atoms with Gasteiger partial charge in [0.05, 0.1) is 11.8 Å². The predicted octanol–water partition coefficient (Wildman–Crippen LogP) is 2.54. The van der Waals surface area contributed by atoms with E-state index >= 15 is 0 Å². The second kappa shape index (κ2) is 9.85. The normalized spacial score (nSPS) is 18.4. The van der Waals surface area contributed by atoms with Crippen LogP contribution in [-0.2, 0) is 15.8 Å². The summed E-state index contributed by atoms with van der Waals surface area (Å²) in [4.78, 5) is 40.5. The van der Waals surface area contributed by atoms with E-state index < -0.39 is 46.4 Å². The zero-order valence-corrected chi connectivity index (χ0v) is 19.0. The Morgan fingerprint density at radius 2 is 1.97 bits per heavy atom. The van der Waals surface area contributed by atoms with E-state index in [1.54, 1.807) is 0 Å². The van der Waals surface area contributed by atoms with E-state index in [1.165, 1.54) is 6.92 Å². The Bertz CT molecular complexity index is 917. The fourth-order valence-electron chi connectivity index (χ4n) is 3.34. The average Bonchev–Trinajstić information content (AvgIpc) is 3.24. The summed E-state index contributed by atoms with van der Waals surface area (Å²) >= 11 is 0.210. The van der Waals surface area contributed by atoms with Gasteiger partial charge in [-0.25, -0.2) is 4.98 Å². The molecule has 3 amide bonds. The summed E-state index contributed by atoms with van der Waals surface area (Å²) in [7, 11) is 0. The van der Waals surface area contributed by atoms with Gasteiger partial charge >= 0.3 is 6.18 Å². The lowest BCUT2D eigenvalue weighted by Crippen LogP contribution is -2.51. The number of halogens is 3. The number of aryl methyl sites for hydroxylation is 1. The third-order valence-electron chi connectivity index (χ3n) is 4.84. The molecule has 1 aliphatic rings. The summed E-state index contributed by atoms with van der Waals surface area (Å²) in [5.41, 5.74) is -0.500. The van der Waals surface area contributed by atoms with Crippen molar-refractivity contribution in [1.82, 2.24) is 20.9 Å². The quantitative estimate of drug-likeness (QED) is 0.562. The Balaban J connectivity index is 2.15. The Labute approximate surface area is 188 Å². The van der Waals surface area contributed by atoms with Crippen molar-refractivity contribution >= 4 is 29.1 Å². The molecule has 1 saturated heterocycles. The van der Waals surface area contributed by atoms with Gasteiger partial charge in [0.15, 0.2) is 5.01 Å². The number of carbonyl (C=O) groups excluding carboxylic acids is 3. The van der Waals surface area contributed by atoms with E-state index in [4.69, 9.17) is 0 Å². The van der Waals surface area contributed by atoms with Crippen LogP contribution >= 0.6 is 11.3 Å². The number of nitriles is 1. The molecule has 1 aliphatic heterocycles. The molecule has 0 aliphatic carbocycles. The molecule has 2 heterocycles. The van der Waals surface area contributed by atoms with E-state index in [2.05, 4.69) is 20.9 Å². The second-order valence-corrected chi connectivity index (χ2v) is 9.92. The fourth-order valence-corrected chi connectivity index (χ4v) is 4.18. The monoisotopic (exact) mass is 473 g/mol. The van der Waals surface area contributed by atoms with E-state index in [0.29, 0.717) is 13.0 Å². The van der Waals surface area contributed by atoms with Crippen LogP contribution in [0.3, 0.4) is 0 Å². The van der Waals surface area contributed by atoms with Crippen LogP contribution in [0.15, 0.2) is 0 Å². The molecule has 2 rings (SSSR count). The first kappa shape index (κ1) is 25.6. The minimum absolute atomic E-state index is 0.0862. The van der Waals surface area contributed by atoms with Gasteiger partial charge in [0.25, 0.3) is 5.91 Å². The maximum atomic E-state index is 12.9. The predicted molar refractivity (Wildman–Crippen MR) is 110 cm³/mol. The van der Waals surface area contributed by atoms with Crippen LogP contribution in [0.4, 0.5) is 13.2 Å². The molecule has 1 aromatic rings. The zero-order chi connectivity index (χ0) is 24.3. The summed E-state index contributed by atoms with van der Waals surface area (Å²) in [5.74, 6) is -2.06. The van der Waals surface area contributed by atoms with Crippen LogP contribution in [0.25, 0.3) is 0 Å². The Kier molecular flexibility index (Phi) is 7.88. The van der Waals surface area contributed by atoms with Gasteiger partial charge in [-0.3, -0.25) is 14.4 Å². The molecule has 0 radical (unpaired) electrons. The lowest BCUT2D eigenvalue weighted by Gasteiger charge is -2.27. The number of hydrogen-bond acceptors (Lipinski definition) is 6. The Hall–Kier alpha value is -2.68. The van der Waals surface area contributed by atoms with Crippen molar-refractivity contribution in [2.24, 2.45) is 11.3 Å². The standard InChI is InChI=1S/C20H26F3N5O3S/c1-10-14(32-18(26-10)20(21,22)23)17(31)28-13(8-19(2,3)4)16(30)27-12(9-24)7-11-5-6-25-15(11)29/h11-13H,5-8H2,1-4H3,(H,25,29)(H,27,30)(H,28,31)/t11-,12-,13-/m0/s1. The molecule has 176 valence electrons. The van der Waals surface area contributed by atoms with E-state index in [0.717, 1.165) is 0 Å². The molecule has 0 saturated carbocycles. The van der Waals surface area contributed by atoms with Crippen LogP contribution in [0, 0.1) is 29.6 Å². The number of thiazole rings is 1. The van der Waals surface area contributed by atoms with Crippen molar-refractivity contribution < 1.29 is 27.6 Å². The van der Waals surface area contributed by atoms with Crippen molar-refractivity contribution in [1.29, 1.82) is 5.26 Å². The van der Waals surface area contributed by atoms with Crippen LogP contribution in [0.2, 0.25) is 0 Å². The summed E-state index contributed by atoms with van der Waals surface area (Å²) < 4.78 is 38.8. The smallest absolute Gasteiger partial charge is 0.356 e. The fraction of sp³-hybridized carbons (Fsp3) is 0.650. The van der Waals surface area contributed by atoms with Crippen molar-refractivity contribution in [3.05, 3.63) is 15.6 Å². The number of nitrogens with one attached hydrogen (secondary N) is 3. The molecule has 0 bridgehead atoms. The van der Waals surface area contributed by atoms with Gasteiger partial charge in [0.2, 0.25) is 11.8 Å². The van der Waals surface area contributed by atoms with Gasteiger partial charge in [-0.15, -0.1) is 11.3 Å². The molecule has 0 spiro atoms. The minimum Gasteiger partial charge on any atom is -0.356 e. The Morgan fingerprint density at radius 3 is 2.44 bits per heavy atom. The first-order valence-electron chi connectivity index (χ1n) is 10.0. The highest BCUT2D eigenvalue weighted by atomic mass is 32.1. The molecular formula is C20H26F3N5O3S. The van der Waals surface area contributed by atoms with Crippen LogP contribution in [0.1, 0.15) is 60.4 Å². The highest BCUT2D eigenvalue weighted by Gasteiger charge is 2.37. The molecule has 32 heavy (non-hydrogen) atoms. The molecule has 1 aromatic heterocycles. The van der Waals surface area contributed by atoms with Gasteiger partial charge in [-0.05, 0) is 31.6 Å². The molecule has 3 N–H and O–H groups in total. The number of hydrogen-bond donors (Lipinski definition) is 3. The average molecular weight is 474 g/mol. The number of aromatic nitrogens is 1. The van der Waals surface area contributed by atoms with Crippen molar-refractivity contribution in [3.8, 4) is 6.07 Å². The van der Waals surface area contributed by atoms with E-state index in [-0.39, 0.29) is 40.7 Å². The van der Waals surface area contributed by atoms with Crippen molar-refractivity contribution in [3.63, 3.8) is 0 Å². The third-order valence-corrected chi connectivity index (χ3v) is 6.04. The molecule has 8 nitrogen and oxygen atoms in total. The zero-order valence-electron chi connectivity index (χ0n) is 18.2. The van der Waals surface area contributed by atoms with E-state index in [9.17, 15) is 32.8 Å². The van der Waals surface area contributed by atoms with Crippen LogP contribution in [0.5, 0.6) is 0 Å². The summed E-state index contributed by atoms with van der Waals surface area (Å²) in [6, 6.07) is -0.0831. The first-order valence-corrected chi connectivity index (χ1v) is 10.9. The molecule has 0 aromatic carbocycles. The topological polar surface area (TPSA) is 124 Å². The largest absolute Gasteiger partial charge is 0.443 e. The van der Waals surface area contributed by atoms with E-state index in [1.807, 2.05) is 26.8 Å². The number of rotatable bonds is 7. The van der Waals surface area contributed by atoms with Crippen molar-refractivity contribution in [2.75, 3.05) is 6.54 Å². The number of carbonyl (C=O) groups is 3. The summed E-state index contributed by atoms with van der Waals surface area (Å²) in [6.45, 7) is 7.31. The molecule has 1 fully saturated rings. The van der Waals surface area contributed by atoms with Crippen LogP contribution < -0.4 is 16.0 Å². The molecule has 12 heteroatoms.